The van der Waals surface area contributed by atoms with Crippen molar-refractivity contribution in [3.63, 3.8) is 0 Å². The summed E-state index contributed by atoms with van der Waals surface area (Å²) in [5.74, 6) is 0. The van der Waals surface area contributed by atoms with Crippen molar-refractivity contribution in [2.45, 2.75) is 30.1 Å². The van der Waals surface area contributed by atoms with Crippen LogP contribution in [0.3, 0.4) is 0 Å². The predicted octanol–water partition coefficient (Wildman–Crippen LogP) is 5.23. The lowest BCUT2D eigenvalue weighted by molar-refractivity contribution is 0.260. The van der Waals surface area contributed by atoms with E-state index in [4.69, 9.17) is 0 Å². The van der Waals surface area contributed by atoms with Gasteiger partial charge in [-0.25, -0.2) is 0 Å². The van der Waals surface area contributed by atoms with Gasteiger partial charge in [0.15, 0.2) is 0 Å². The van der Waals surface area contributed by atoms with Crippen LogP contribution in [0.25, 0.3) is 0 Å². The number of para-hydroxylation sites is 2. The Balaban J connectivity index is 1.19. The number of nitrogens with one attached hydrogen (secondary N) is 1. The fraction of sp³-hybridized carbons (Fsp3) is 0.400. The van der Waals surface area contributed by atoms with E-state index in [1.54, 1.807) is 0 Å². The third-order valence-electron chi connectivity index (χ3n) is 7.28. The molecule has 0 unspecified atom stereocenters. The minimum absolute atomic E-state index is 1.08. The first-order valence-corrected chi connectivity index (χ1v) is 13.8. The lowest BCUT2D eigenvalue weighted by Crippen LogP contribution is -2.47. The number of benzene rings is 3. The second-order valence-corrected chi connectivity index (χ2v) is 10.9. The van der Waals surface area contributed by atoms with Gasteiger partial charge in [0.05, 0.1) is 5.69 Å². The Hall–Kier alpha value is -2.47. The average molecular weight is 487 g/mol. The Kier molecular flexibility index (Phi) is 7.97. The number of hydrogen-bond acceptors (Lipinski definition) is 5. The minimum Gasteiger partial charge on any atom is -0.369 e. The van der Waals surface area contributed by atoms with Crippen molar-refractivity contribution in [2.24, 2.45) is 0 Å². The Labute approximate surface area is 215 Å². The van der Waals surface area contributed by atoms with Crippen LogP contribution in [0.5, 0.6) is 0 Å². The van der Waals surface area contributed by atoms with Crippen molar-refractivity contribution < 1.29 is 0 Å². The summed E-state index contributed by atoms with van der Waals surface area (Å²) < 4.78 is 0. The largest absolute Gasteiger partial charge is 0.369 e. The molecule has 2 heterocycles. The van der Waals surface area contributed by atoms with Crippen LogP contribution in [-0.2, 0) is 6.42 Å². The maximum absolute atomic E-state index is 3.47. The number of nitrogens with zero attached hydrogens (tertiary/aromatic N) is 3. The normalized spacial score (nSPS) is 17.1. The summed E-state index contributed by atoms with van der Waals surface area (Å²) in [6.45, 7) is 14.3. The molecule has 0 atom stereocenters. The van der Waals surface area contributed by atoms with E-state index in [9.17, 15) is 0 Å². The molecule has 0 bridgehead atoms. The van der Waals surface area contributed by atoms with Gasteiger partial charge in [-0.1, -0.05) is 59.8 Å². The van der Waals surface area contributed by atoms with Crippen molar-refractivity contribution in [1.82, 2.24) is 10.2 Å². The molecule has 2 fully saturated rings. The standard InChI is InChI=1S/C30H38N4S/c1-24-11-12-29(25(2)23-24)35-30-10-6-5-9-28(30)34-21-19-32(20-22-34)16-13-26-7-3-4-8-27(26)33-17-14-31-15-18-33/h3-12,23,31H,13-22H2,1-2H3. The molecule has 3 aromatic carbocycles. The molecule has 5 heteroatoms. The highest BCUT2D eigenvalue weighted by molar-refractivity contribution is 7.99. The highest BCUT2D eigenvalue weighted by Gasteiger charge is 2.20. The summed E-state index contributed by atoms with van der Waals surface area (Å²) in [5.41, 5.74) is 6.99. The maximum atomic E-state index is 3.47. The zero-order chi connectivity index (χ0) is 24.0. The smallest absolute Gasteiger partial charge is 0.0508 e. The first-order valence-electron chi connectivity index (χ1n) is 13.0. The third kappa shape index (κ3) is 6.03. The van der Waals surface area contributed by atoms with Gasteiger partial charge in [0.25, 0.3) is 0 Å². The van der Waals surface area contributed by atoms with Crippen LogP contribution in [0.1, 0.15) is 16.7 Å². The second kappa shape index (κ2) is 11.5. The number of hydrogen-bond donors (Lipinski definition) is 1. The number of anilines is 2. The van der Waals surface area contributed by atoms with Crippen molar-refractivity contribution in [3.05, 3.63) is 83.4 Å². The minimum atomic E-state index is 1.08. The summed E-state index contributed by atoms with van der Waals surface area (Å²) in [4.78, 5) is 10.5. The first-order chi connectivity index (χ1) is 17.2. The molecule has 2 aliphatic heterocycles. The molecule has 2 saturated heterocycles. The van der Waals surface area contributed by atoms with Gasteiger partial charge in [0.1, 0.15) is 0 Å². The van der Waals surface area contributed by atoms with Gasteiger partial charge in [-0.2, -0.15) is 0 Å². The SMILES string of the molecule is Cc1ccc(Sc2ccccc2N2CCN(CCc3ccccc3N3CCNCC3)CC2)c(C)c1. The van der Waals surface area contributed by atoms with E-state index in [1.165, 1.54) is 37.9 Å². The second-order valence-electron chi connectivity index (χ2n) is 9.78. The van der Waals surface area contributed by atoms with E-state index < -0.39 is 0 Å². The highest BCUT2D eigenvalue weighted by Crippen LogP contribution is 2.37. The molecule has 5 rings (SSSR count). The first kappa shape index (κ1) is 24.2. The molecule has 0 radical (unpaired) electrons. The molecule has 0 amide bonds. The molecule has 0 saturated carbocycles. The van der Waals surface area contributed by atoms with Gasteiger partial charge in [-0.3, -0.25) is 4.90 Å². The maximum Gasteiger partial charge on any atom is 0.0508 e. The van der Waals surface area contributed by atoms with Gasteiger partial charge >= 0.3 is 0 Å². The molecule has 3 aromatic rings. The fourth-order valence-corrected chi connectivity index (χ4v) is 6.31. The van der Waals surface area contributed by atoms with Crippen LogP contribution in [0, 0.1) is 13.8 Å². The lowest BCUT2D eigenvalue weighted by atomic mass is 10.1. The van der Waals surface area contributed by atoms with Crippen LogP contribution in [0.15, 0.2) is 76.5 Å². The average Bonchev–Trinajstić information content (AvgIpc) is 2.90. The molecule has 1 N–H and O–H groups in total. The van der Waals surface area contributed by atoms with Crippen molar-refractivity contribution in [1.29, 1.82) is 0 Å². The summed E-state index contributed by atoms with van der Waals surface area (Å²) in [6.07, 6.45) is 1.12. The Morgan fingerprint density at radius 2 is 1.40 bits per heavy atom. The van der Waals surface area contributed by atoms with E-state index >= 15 is 0 Å². The highest BCUT2D eigenvalue weighted by atomic mass is 32.2. The van der Waals surface area contributed by atoms with Crippen molar-refractivity contribution in [2.75, 3.05) is 68.7 Å². The summed E-state index contributed by atoms with van der Waals surface area (Å²) >= 11 is 1.90. The number of rotatable bonds is 7. The topological polar surface area (TPSA) is 21.8 Å². The lowest BCUT2D eigenvalue weighted by Gasteiger charge is -2.37. The Morgan fingerprint density at radius 1 is 0.714 bits per heavy atom. The van der Waals surface area contributed by atoms with Gasteiger partial charge in [0.2, 0.25) is 0 Å². The van der Waals surface area contributed by atoms with E-state index in [0.717, 1.165) is 65.3 Å². The van der Waals surface area contributed by atoms with Crippen LogP contribution in [-0.4, -0.2) is 63.8 Å². The molecule has 4 nitrogen and oxygen atoms in total. The Morgan fingerprint density at radius 3 is 2.17 bits per heavy atom. The fourth-order valence-electron chi connectivity index (χ4n) is 5.26. The van der Waals surface area contributed by atoms with E-state index in [-0.39, 0.29) is 0 Å². The summed E-state index contributed by atoms with van der Waals surface area (Å²) in [6, 6.07) is 24.7. The zero-order valence-electron chi connectivity index (χ0n) is 21.2. The van der Waals surface area contributed by atoms with Crippen molar-refractivity contribution >= 4 is 23.1 Å². The van der Waals surface area contributed by atoms with E-state index in [0.29, 0.717) is 0 Å². The molecule has 184 valence electrons. The van der Waals surface area contributed by atoms with Gasteiger partial charge in [-0.05, 0) is 55.7 Å². The summed E-state index contributed by atoms with van der Waals surface area (Å²) in [5, 5.41) is 3.47. The molecular formula is C30H38N4S. The predicted molar refractivity (Wildman–Crippen MR) is 150 cm³/mol. The van der Waals surface area contributed by atoms with Gasteiger partial charge < -0.3 is 15.1 Å². The number of aryl methyl sites for hydroxylation is 2. The molecule has 2 aliphatic rings. The quantitative estimate of drug-likeness (QED) is 0.492. The molecule has 0 spiro atoms. The Bertz CT molecular complexity index is 1120. The molecule has 35 heavy (non-hydrogen) atoms. The zero-order valence-corrected chi connectivity index (χ0v) is 22.0. The molecular weight excluding hydrogens is 448 g/mol. The van der Waals surface area contributed by atoms with Crippen LogP contribution in [0.2, 0.25) is 0 Å². The molecule has 0 aliphatic carbocycles. The third-order valence-corrected chi connectivity index (χ3v) is 8.52. The van der Waals surface area contributed by atoms with E-state index in [2.05, 4.69) is 101 Å². The van der Waals surface area contributed by atoms with Gasteiger partial charge in [0, 0.05) is 74.4 Å². The van der Waals surface area contributed by atoms with Crippen molar-refractivity contribution in [3.8, 4) is 0 Å². The monoisotopic (exact) mass is 486 g/mol. The number of piperazine rings is 2. The van der Waals surface area contributed by atoms with Crippen LogP contribution >= 0.6 is 11.8 Å². The molecule has 0 aromatic heterocycles. The summed E-state index contributed by atoms with van der Waals surface area (Å²) in [7, 11) is 0. The van der Waals surface area contributed by atoms with E-state index in [1.807, 2.05) is 11.8 Å². The van der Waals surface area contributed by atoms with Gasteiger partial charge in [-0.15, -0.1) is 0 Å². The van der Waals surface area contributed by atoms with Crippen LogP contribution in [0.4, 0.5) is 11.4 Å². The van der Waals surface area contributed by atoms with Crippen LogP contribution < -0.4 is 15.1 Å².